The van der Waals surface area contributed by atoms with E-state index in [1.54, 1.807) is 24.5 Å². The van der Waals surface area contributed by atoms with Crippen molar-refractivity contribution in [3.63, 3.8) is 0 Å². The summed E-state index contributed by atoms with van der Waals surface area (Å²) in [6, 6.07) is 6.71. The van der Waals surface area contributed by atoms with Crippen molar-refractivity contribution in [1.82, 2.24) is 14.5 Å². The van der Waals surface area contributed by atoms with Crippen molar-refractivity contribution in [1.29, 1.82) is 0 Å². The molecule has 0 bridgehead atoms. The first-order valence-corrected chi connectivity index (χ1v) is 6.45. The molecule has 3 rings (SSSR count). The summed E-state index contributed by atoms with van der Waals surface area (Å²) in [5, 5.41) is 0. The van der Waals surface area contributed by atoms with Crippen LogP contribution >= 0.6 is 0 Å². The Bertz CT molecular complexity index is 777. The lowest BCUT2D eigenvalue weighted by atomic mass is 10.1. The van der Waals surface area contributed by atoms with E-state index in [4.69, 9.17) is 5.73 Å². The molecule has 0 spiro atoms. The molecule has 0 amide bonds. The molecule has 3 aromatic rings. The molecule has 0 fully saturated rings. The molecule has 0 radical (unpaired) electrons. The average molecular weight is 270 g/mol. The quantitative estimate of drug-likeness (QED) is 0.726. The summed E-state index contributed by atoms with van der Waals surface area (Å²) in [7, 11) is 0. The lowest BCUT2D eigenvalue weighted by Crippen LogP contribution is -2.04. The summed E-state index contributed by atoms with van der Waals surface area (Å²) >= 11 is 0. The summed E-state index contributed by atoms with van der Waals surface area (Å²) < 4.78 is 16.2. The monoisotopic (exact) mass is 270 g/mol. The van der Waals surface area contributed by atoms with Crippen molar-refractivity contribution in [2.24, 2.45) is 0 Å². The third-order valence-corrected chi connectivity index (χ3v) is 3.24. The highest BCUT2D eigenvalue weighted by atomic mass is 19.1. The van der Waals surface area contributed by atoms with Gasteiger partial charge in [0.2, 0.25) is 0 Å². The van der Waals surface area contributed by atoms with Gasteiger partial charge < -0.3 is 10.3 Å². The van der Waals surface area contributed by atoms with Crippen molar-refractivity contribution in [3.05, 3.63) is 42.5 Å². The zero-order chi connectivity index (χ0) is 14.3. The van der Waals surface area contributed by atoms with Crippen molar-refractivity contribution in [2.45, 2.75) is 19.9 Å². The van der Waals surface area contributed by atoms with Crippen molar-refractivity contribution in [2.75, 3.05) is 5.73 Å². The second kappa shape index (κ2) is 4.59. The van der Waals surface area contributed by atoms with Crippen LogP contribution < -0.4 is 5.73 Å². The minimum atomic E-state index is -0.366. The van der Waals surface area contributed by atoms with Gasteiger partial charge in [0.1, 0.15) is 17.2 Å². The number of nitrogens with two attached hydrogens (primary N) is 1. The summed E-state index contributed by atoms with van der Waals surface area (Å²) in [5.41, 5.74) is 8.15. The molecule has 20 heavy (non-hydrogen) atoms. The Morgan fingerprint density at radius 1 is 1.25 bits per heavy atom. The molecule has 2 N–H and O–H groups in total. The Morgan fingerprint density at radius 2 is 2.05 bits per heavy atom. The first-order chi connectivity index (χ1) is 9.58. The van der Waals surface area contributed by atoms with E-state index in [2.05, 4.69) is 9.97 Å². The third-order valence-electron chi connectivity index (χ3n) is 3.24. The number of benzene rings is 1. The van der Waals surface area contributed by atoms with Crippen molar-refractivity contribution in [3.8, 4) is 11.4 Å². The van der Waals surface area contributed by atoms with E-state index in [-0.39, 0.29) is 11.9 Å². The standard InChI is InChI=1S/C15H15FN4/c1-9(2)20-14-5-6-18-8-13(14)19-15(20)11-4-3-10(17)7-12(11)16/h3-9H,17H2,1-2H3. The van der Waals surface area contributed by atoms with Crippen LogP contribution in [0.5, 0.6) is 0 Å². The number of hydrogen-bond donors (Lipinski definition) is 1. The Balaban J connectivity index is 2.32. The van der Waals surface area contributed by atoms with Crippen LogP contribution in [0.4, 0.5) is 10.1 Å². The fraction of sp³-hybridized carbons (Fsp3) is 0.200. The van der Waals surface area contributed by atoms with Crippen LogP contribution in [-0.4, -0.2) is 14.5 Å². The van der Waals surface area contributed by atoms with Crippen LogP contribution in [0.15, 0.2) is 36.7 Å². The normalized spacial score (nSPS) is 11.4. The predicted molar refractivity (Wildman–Crippen MR) is 77.7 cm³/mol. The van der Waals surface area contributed by atoms with Gasteiger partial charge in [0, 0.05) is 17.9 Å². The molecule has 2 aromatic heterocycles. The number of nitrogens with zero attached hydrogens (tertiary/aromatic N) is 3. The van der Waals surface area contributed by atoms with Crippen LogP contribution in [-0.2, 0) is 0 Å². The molecule has 0 aliphatic heterocycles. The highest BCUT2D eigenvalue weighted by Gasteiger charge is 2.17. The van der Waals surface area contributed by atoms with Crippen LogP contribution in [0.3, 0.4) is 0 Å². The summed E-state index contributed by atoms with van der Waals surface area (Å²) in [5.74, 6) is 0.232. The fourth-order valence-electron chi connectivity index (χ4n) is 2.38. The zero-order valence-corrected chi connectivity index (χ0v) is 11.3. The van der Waals surface area contributed by atoms with Crippen LogP contribution in [0.2, 0.25) is 0 Å². The van der Waals surface area contributed by atoms with Crippen LogP contribution in [0, 0.1) is 5.82 Å². The van der Waals surface area contributed by atoms with Crippen molar-refractivity contribution < 1.29 is 4.39 Å². The first-order valence-electron chi connectivity index (χ1n) is 6.45. The van der Waals surface area contributed by atoms with E-state index in [1.165, 1.54) is 6.07 Å². The van der Waals surface area contributed by atoms with E-state index in [9.17, 15) is 4.39 Å². The smallest absolute Gasteiger partial charge is 0.144 e. The molecule has 0 unspecified atom stereocenters. The maximum Gasteiger partial charge on any atom is 0.144 e. The van der Waals surface area contributed by atoms with E-state index >= 15 is 0 Å². The Morgan fingerprint density at radius 3 is 2.75 bits per heavy atom. The largest absolute Gasteiger partial charge is 0.399 e. The average Bonchev–Trinajstić information content (AvgIpc) is 2.77. The molecule has 0 aliphatic carbocycles. The highest BCUT2D eigenvalue weighted by Crippen LogP contribution is 2.30. The number of hydrogen-bond acceptors (Lipinski definition) is 3. The summed E-state index contributed by atoms with van der Waals surface area (Å²) in [6.07, 6.45) is 3.40. The lowest BCUT2D eigenvalue weighted by Gasteiger charge is -2.13. The third kappa shape index (κ3) is 1.91. The molecule has 2 heterocycles. The topological polar surface area (TPSA) is 56.7 Å². The molecule has 0 aliphatic rings. The molecule has 4 nitrogen and oxygen atoms in total. The van der Waals surface area contributed by atoms with Crippen molar-refractivity contribution >= 4 is 16.7 Å². The van der Waals surface area contributed by atoms with E-state index in [0.29, 0.717) is 17.1 Å². The van der Waals surface area contributed by atoms with Gasteiger partial charge >= 0.3 is 0 Å². The van der Waals surface area contributed by atoms with E-state index in [0.717, 1.165) is 11.0 Å². The molecule has 0 saturated carbocycles. The minimum absolute atomic E-state index is 0.161. The number of anilines is 1. The molecule has 102 valence electrons. The summed E-state index contributed by atoms with van der Waals surface area (Å²) in [6.45, 7) is 4.08. The van der Waals surface area contributed by atoms with Gasteiger partial charge in [0.05, 0.1) is 17.3 Å². The zero-order valence-electron chi connectivity index (χ0n) is 11.3. The van der Waals surface area contributed by atoms with Crippen LogP contribution in [0.25, 0.3) is 22.4 Å². The van der Waals surface area contributed by atoms with Gasteiger partial charge in [-0.3, -0.25) is 4.98 Å². The molecular weight excluding hydrogens is 255 g/mol. The van der Waals surface area contributed by atoms with Crippen LogP contribution in [0.1, 0.15) is 19.9 Å². The maximum atomic E-state index is 14.2. The van der Waals surface area contributed by atoms with Gasteiger partial charge in [-0.2, -0.15) is 0 Å². The number of pyridine rings is 1. The van der Waals surface area contributed by atoms with Gasteiger partial charge in [-0.1, -0.05) is 0 Å². The molecule has 1 aromatic carbocycles. The number of nitrogen functional groups attached to an aromatic ring is 1. The number of fused-ring (bicyclic) bond motifs is 1. The second-order valence-electron chi connectivity index (χ2n) is 5.00. The number of aromatic nitrogens is 3. The lowest BCUT2D eigenvalue weighted by molar-refractivity contribution is 0.608. The number of imidazole rings is 1. The van der Waals surface area contributed by atoms with Gasteiger partial charge in [-0.05, 0) is 38.1 Å². The van der Waals surface area contributed by atoms with Gasteiger partial charge in [0.25, 0.3) is 0 Å². The molecule has 5 heteroatoms. The Hall–Kier alpha value is -2.43. The van der Waals surface area contributed by atoms with Gasteiger partial charge in [-0.25, -0.2) is 9.37 Å². The molecular formula is C15H15FN4. The van der Waals surface area contributed by atoms with Gasteiger partial charge in [-0.15, -0.1) is 0 Å². The van der Waals surface area contributed by atoms with E-state index < -0.39 is 0 Å². The second-order valence-corrected chi connectivity index (χ2v) is 5.00. The highest BCUT2D eigenvalue weighted by molar-refractivity contribution is 5.80. The van der Waals surface area contributed by atoms with E-state index in [1.807, 2.05) is 24.5 Å². The molecule has 0 saturated heterocycles. The Labute approximate surface area is 116 Å². The first kappa shape index (κ1) is 12.6. The fourth-order valence-corrected chi connectivity index (χ4v) is 2.38. The minimum Gasteiger partial charge on any atom is -0.399 e. The Kier molecular flexibility index (Phi) is 2.89. The predicted octanol–water partition coefficient (Wildman–Crippen LogP) is 3.40. The van der Waals surface area contributed by atoms with Gasteiger partial charge in [0.15, 0.2) is 0 Å². The molecule has 0 atom stereocenters. The number of rotatable bonds is 2. The summed E-state index contributed by atoms with van der Waals surface area (Å²) in [4.78, 5) is 8.58. The number of halogens is 1. The SMILES string of the molecule is CC(C)n1c(-c2ccc(N)cc2F)nc2cnccc21. The maximum absolute atomic E-state index is 14.2.